The van der Waals surface area contributed by atoms with Crippen LogP contribution in [-0.2, 0) is 11.3 Å². The fourth-order valence-electron chi connectivity index (χ4n) is 2.19. The Bertz CT molecular complexity index is 471. The number of carbonyl (C=O) groups is 1. The largest absolute Gasteiger partial charge is 0.409 e. The average molecular weight is 276 g/mol. The van der Waals surface area contributed by atoms with Gasteiger partial charge in [-0.3, -0.25) is 9.78 Å². The lowest BCUT2D eigenvalue weighted by atomic mass is 9.84. The van der Waals surface area contributed by atoms with Crippen molar-refractivity contribution >= 4 is 11.7 Å². The molecule has 0 aromatic carbocycles. The van der Waals surface area contributed by atoms with E-state index in [1.165, 1.54) is 0 Å². The molecule has 0 radical (unpaired) electrons. The number of amides is 1. The number of nitrogens with two attached hydrogens (primary N) is 1. The summed E-state index contributed by atoms with van der Waals surface area (Å²) in [5.41, 5.74) is 6.47. The zero-order valence-electron chi connectivity index (χ0n) is 11.4. The van der Waals surface area contributed by atoms with Crippen LogP contribution in [-0.4, -0.2) is 33.4 Å². The van der Waals surface area contributed by atoms with E-state index < -0.39 is 0 Å². The molecule has 1 aliphatic rings. The van der Waals surface area contributed by atoms with Crippen LogP contribution in [0.2, 0.25) is 0 Å². The first-order valence-electron chi connectivity index (χ1n) is 6.85. The summed E-state index contributed by atoms with van der Waals surface area (Å²) in [4.78, 5) is 18.2. The van der Waals surface area contributed by atoms with E-state index in [2.05, 4.69) is 10.1 Å². The van der Waals surface area contributed by atoms with Gasteiger partial charge in [0.2, 0.25) is 5.91 Å². The van der Waals surface area contributed by atoms with Crippen molar-refractivity contribution in [3.8, 4) is 0 Å². The Kier molecular flexibility index (Phi) is 4.92. The average Bonchev–Trinajstić information content (AvgIpc) is 2.42. The summed E-state index contributed by atoms with van der Waals surface area (Å²) in [6.07, 6.45) is 6.88. The molecule has 0 spiro atoms. The van der Waals surface area contributed by atoms with Gasteiger partial charge in [0.1, 0.15) is 5.84 Å². The number of oxime groups is 1. The molecule has 0 atom stereocenters. The number of carbonyl (C=O) groups excluding carboxylic acids is 1. The summed E-state index contributed by atoms with van der Waals surface area (Å²) < 4.78 is 0. The minimum Gasteiger partial charge on any atom is -0.409 e. The zero-order chi connectivity index (χ0) is 14.4. The maximum atomic E-state index is 12.4. The normalized spacial score (nSPS) is 15.7. The first-order chi connectivity index (χ1) is 9.70. The monoisotopic (exact) mass is 276 g/mol. The third-order valence-corrected chi connectivity index (χ3v) is 3.63. The Labute approximate surface area is 118 Å². The van der Waals surface area contributed by atoms with E-state index >= 15 is 0 Å². The molecule has 0 aliphatic heterocycles. The maximum absolute atomic E-state index is 12.4. The molecule has 108 valence electrons. The van der Waals surface area contributed by atoms with Crippen LogP contribution < -0.4 is 5.73 Å². The Morgan fingerprint density at radius 1 is 1.55 bits per heavy atom. The number of amidine groups is 1. The maximum Gasteiger partial charge on any atom is 0.225 e. The van der Waals surface area contributed by atoms with Gasteiger partial charge in [0.15, 0.2) is 0 Å². The Morgan fingerprint density at radius 3 is 2.90 bits per heavy atom. The molecule has 3 N–H and O–H groups in total. The second-order valence-corrected chi connectivity index (χ2v) is 5.09. The Hall–Kier alpha value is -2.11. The minimum atomic E-state index is 0.138. The molecule has 2 rings (SSSR count). The molecule has 1 fully saturated rings. The first kappa shape index (κ1) is 14.3. The van der Waals surface area contributed by atoms with Crippen LogP contribution >= 0.6 is 0 Å². The number of aromatic nitrogens is 1. The van der Waals surface area contributed by atoms with Gasteiger partial charge in [0.05, 0.1) is 0 Å². The van der Waals surface area contributed by atoms with Crippen LogP contribution in [0.4, 0.5) is 0 Å². The van der Waals surface area contributed by atoms with Gasteiger partial charge in [-0.05, 0) is 24.5 Å². The van der Waals surface area contributed by atoms with Crippen LogP contribution in [0.25, 0.3) is 0 Å². The van der Waals surface area contributed by atoms with Crippen molar-refractivity contribution in [3.05, 3.63) is 30.1 Å². The highest BCUT2D eigenvalue weighted by Gasteiger charge is 2.29. The van der Waals surface area contributed by atoms with Crippen molar-refractivity contribution in [1.82, 2.24) is 9.88 Å². The number of hydrogen-bond donors (Lipinski definition) is 2. The smallest absolute Gasteiger partial charge is 0.225 e. The van der Waals surface area contributed by atoms with Crippen molar-refractivity contribution < 1.29 is 10.0 Å². The quantitative estimate of drug-likeness (QED) is 0.355. The first-order valence-corrected chi connectivity index (χ1v) is 6.85. The summed E-state index contributed by atoms with van der Waals surface area (Å²) in [6.45, 7) is 0.974. The topological polar surface area (TPSA) is 91.8 Å². The van der Waals surface area contributed by atoms with E-state index in [9.17, 15) is 4.79 Å². The summed E-state index contributed by atoms with van der Waals surface area (Å²) in [5.74, 6) is 0.437. The van der Waals surface area contributed by atoms with Crippen LogP contribution in [0.5, 0.6) is 0 Å². The molecule has 1 amide bonds. The molecule has 1 saturated carbocycles. The summed E-state index contributed by atoms with van der Waals surface area (Å²) in [7, 11) is 0. The van der Waals surface area contributed by atoms with E-state index in [0.717, 1.165) is 24.8 Å². The molecule has 1 aromatic heterocycles. The van der Waals surface area contributed by atoms with E-state index in [1.54, 1.807) is 17.3 Å². The van der Waals surface area contributed by atoms with Gasteiger partial charge >= 0.3 is 0 Å². The summed E-state index contributed by atoms with van der Waals surface area (Å²) in [5, 5.41) is 11.5. The van der Waals surface area contributed by atoms with Gasteiger partial charge in [0, 0.05) is 37.8 Å². The molecule has 6 heteroatoms. The predicted molar refractivity (Wildman–Crippen MR) is 75.0 cm³/mol. The van der Waals surface area contributed by atoms with Gasteiger partial charge in [-0.1, -0.05) is 17.6 Å². The van der Waals surface area contributed by atoms with Gasteiger partial charge in [-0.25, -0.2) is 0 Å². The van der Waals surface area contributed by atoms with Gasteiger partial charge in [-0.15, -0.1) is 0 Å². The van der Waals surface area contributed by atoms with Crippen molar-refractivity contribution in [3.63, 3.8) is 0 Å². The molecular weight excluding hydrogens is 256 g/mol. The molecule has 1 aliphatic carbocycles. The number of hydrogen-bond acceptors (Lipinski definition) is 4. The van der Waals surface area contributed by atoms with E-state index in [4.69, 9.17) is 10.9 Å². The van der Waals surface area contributed by atoms with Crippen molar-refractivity contribution in [1.29, 1.82) is 0 Å². The standard InChI is InChI=1S/C14H20N4O2/c15-13(17-20)6-8-18(14(19)12-4-1-5-12)10-11-3-2-7-16-9-11/h2-3,7,9,12,20H,1,4-6,8,10H2,(H2,15,17). The predicted octanol–water partition coefficient (Wildman–Crippen LogP) is 1.35. The second kappa shape index (κ2) is 6.88. The molecule has 6 nitrogen and oxygen atoms in total. The third-order valence-electron chi connectivity index (χ3n) is 3.63. The molecule has 1 heterocycles. The lowest BCUT2D eigenvalue weighted by molar-refractivity contribution is -0.138. The van der Waals surface area contributed by atoms with Crippen molar-refractivity contribution in [2.75, 3.05) is 6.54 Å². The van der Waals surface area contributed by atoms with E-state index in [1.807, 2.05) is 12.1 Å². The Morgan fingerprint density at radius 2 is 2.35 bits per heavy atom. The van der Waals surface area contributed by atoms with Gasteiger partial charge in [0.25, 0.3) is 0 Å². The highest BCUT2D eigenvalue weighted by atomic mass is 16.4. The van der Waals surface area contributed by atoms with E-state index in [-0.39, 0.29) is 17.7 Å². The molecule has 0 bridgehead atoms. The highest BCUT2D eigenvalue weighted by Crippen LogP contribution is 2.28. The third kappa shape index (κ3) is 3.69. The fourth-order valence-corrected chi connectivity index (χ4v) is 2.19. The molecular formula is C14H20N4O2. The number of pyridine rings is 1. The fraction of sp³-hybridized carbons (Fsp3) is 0.500. The number of nitrogens with zero attached hydrogens (tertiary/aromatic N) is 3. The van der Waals surface area contributed by atoms with Crippen LogP contribution in [0.1, 0.15) is 31.2 Å². The SMILES string of the molecule is N/C(CCN(Cc1cccnc1)C(=O)C1CCC1)=N/O. The molecule has 20 heavy (non-hydrogen) atoms. The minimum absolute atomic E-state index is 0.138. The molecule has 0 unspecified atom stereocenters. The summed E-state index contributed by atoms with van der Waals surface area (Å²) >= 11 is 0. The Balaban J connectivity index is 2.00. The van der Waals surface area contributed by atoms with Gasteiger partial charge in [-0.2, -0.15) is 0 Å². The zero-order valence-corrected chi connectivity index (χ0v) is 11.4. The lowest BCUT2D eigenvalue weighted by Gasteiger charge is -2.31. The van der Waals surface area contributed by atoms with Crippen LogP contribution in [0.15, 0.2) is 29.7 Å². The van der Waals surface area contributed by atoms with Crippen LogP contribution in [0.3, 0.4) is 0 Å². The summed E-state index contributed by atoms with van der Waals surface area (Å²) in [6, 6.07) is 3.79. The van der Waals surface area contributed by atoms with Crippen LogP contribution in [0, 0.1) is 5.92 Å². The number of rotatable bonds is 6. The highest BCUT2D eigenvalue weighted by molar-refractivity contribution is 5.82. The van der Waals surface area contributed by atoms with E-state index in [0.29, 0.717) is 19.5 Å². The van der Waals surface area contributed by atoms with Crippen molar-refractivity contribution in [2.24, 2.45) is 16.8 Å². The molecule has 1 aromatic rings. The lowest BCUT2D eigenvalue weighted by Crippen LogP contribution is -2.40. The van der Waals surface area contributed by atoms with Crippen molar-refractivity contribution in [2.45, 2.75) is 32.2 Å². The van der Waals surface area contributed by atoms with Gasteiger partial charge < -0.3 is 15.8 Å². The molecule has 0 saturated heterocycles. The second-order valence-electron chi connectivity index (χ2n) is 5.09.